The summed E-state index contributed by atoms with van der Waals surface area (Å²) in [5, 5.41) is 2.06. The van der Waals surface area contributed by atoms with Crippen molar-refractivity contribution < 1.29 is 4.79 Å². The van der Waals surface area contributed by atoms with Gasteiger partial charge in [-0.3, -0.25) is 4.79 Å². The zero-order valence-corrected chi connectivity index (χ0v) is 12.2. The Hall–Kier alpha value is -1.26. The Bertz CT molecular complexity index is 565. The van der Waals surface area contributed by atoms with Crippen LogP contribution in [-0.2, 0) is 11.2 Å². The Morgan fingerprint density at radius 1 is 1.21 bits per heavy atom. The third-order valence-corrected chi connectivity index (χ3v) is 5.17. The number of carbonyl (C=O) groups is 1. The lowest BCUT2D eigenvalue weighted by molar-refractivity contribution is -0.118. The summed E-state index contributed by atoms with van der Waals surface area (Å²) in [6.45, 7) is 0.824. The van der Waals surface area contributed by atoms with E-state index in [1.54, 1.807) is 11.3 Å². The first-order valence-electron chi connectivity index (χ1n) is 6.39. The molecule has 0 N–H and O–H groups in total. The minimum Gasteiger partial charge on any atom is -0.310 e. The molecule has 19 heavy (non-hydrogen) atoms. The van der Waals surface area contributed by atoms with E-state index in [1.807, 2.05) is 40.9 Å². The topological polar surface area (TPSA) is 20.3 Å². The summed E-state index contributed by atoms with van der Waals surface area (Å²) >= 11 is 3.56. The van der Waals surface area contributed by atoms with Crippen molar-refractivity contribution in [2.45, 2.75) is 17.7 Å². The van der Waals surface area contributed by atoms with E-state index in [-0.39, 0.29) is 5.91 Å². The van der Waals surface area contributed by atoms with Crippen LogP contribution in [0.15, 0.2) is 46.7 Å². The fourth-order valence-electron chi connectivity index (χ4n) is 2.25. The van der Waals surface area contributed by atoms with Crippen molar-refractivity contribution in [2.75, 3.05) is 17.2 Å². The number of fused-ring (bicyclic) bond motifs is 1. The van der Waals surface area contributed by atoms with E-state index < -0.39 is 0 Å². The van der Waals surface area contributed by atoms with Crippen LogP contribution in [0.2, 0.25) is 0 Å². The minimum absolute atomic E-state index is 0.237. The highest BCUT2D eigenvalue weighted by Gasteiger charge is 2.22. The van der Waals surface area contributed by atoms with Gasteiger partial charge in [0.05, 0.1) is 5.69 Å². The lowest BCUT2D eigenvalue weighted by Crippen LogP contribution is -2.35. The van der Waals surface area contributed by atoms with Gasteiger partial charge in [-0.05, 0) is 30.0 Å². The van der Waals surface area contributed by atoms with Crippen LogP contribution >= 0.6 is 23.1 Å². The number of hydrogen-bond acceptors (Lipinski definition) is 3. The molecule has 1 aromatic carbocycles. The van der Waals surface area contributed by atoms with E-state index in [9.17, 15) is 4.79 Å². The van der Waals surface area contributed by atoms with Crippen LogP contribution in [-0.4, -0.2) is 18.2 Å². The fraction of sp³-hybridized carbons (Fsp3) is 0.267. The molecule has 0 unspecified atom stereocenters. The summed E-state index contributed by atoms with van der Waals surface area (Å²) in [6, 6.07) is 12.3. The molecule has 0 atom stereocenters. The number of thioether (sulfide) groups is 1. The second-order valence-corrected chi connectivity index (χ2v) is 6.61. The molecule has 2 heterocycles. The summed E-state index contributed by atoms with van der Waals surface area (Å²) in [6.07, 6.45) is 1.45. The van der Waals surface area contributed by atoms with Gasteiger partial charge < -0.3 is 4.90 Å². The second kappa shape index (κ2) is 5.80. The van der Waals surface area contributed by atoms with Gasteiger partial charge >= 0.3 is 0 Å². The van der Waals surface area contributed by atoms with Crippen LogP contribution in [0.5, 0.6) is 0 Å². The molecule has 0 saturated carbocycles. The first-order valence-corrected chi connectivity index (χ1v) is 8.26. The second-order valence-electron chi connectivity index (χ2n) is 4.44. The minimum atomic E-state index is 0.237. The highest BCUT2D eigenvalue weighted by Crippen LogP contribution is 2.34. The molecule has 0 aliphatic carbocycles. The first kappa shape index (κ1) is 12.8. The SMILES string of the molecule is O=C(CCc1cccs1)N1CCSc2ccccc21. The van der Waals surface area contributed by atoms with Crippen LogP contribution in [0, 0.1) is 0 Å². The van der Waals surface area contributed by atoms with Gasteiger partial charge in [0.1, 0.15) is 0 Å². The lowest BCUT2D eigenvalue weighted by atomic mass is 10.2. The molecule has 0 bridgehead atoms. The molecular formula is C15H15NOS2. The van der Waals surface area contributed by atoms with E-state index in [0.29, 0.717) is 6.42 Å². The van der Waals surface area contributed by atoms with Gasteiger partial charge in [-0.25, -0.2) is 0 Å². The monoisotopic (exact) mass is 289 g/mol. The van der Waals surface area contributed by atoms with Crippen LogP contribution < -0.4 is 4.90 Å². The summed E-state index contributed by atoms with van der Waals surface area (Å²) in [5.74, 6) is 1.23. The molecule has 0 fully saturated rings. The van der Waals surface area contributed by atoms with Gasteiger partial charge in [0, 0.05) is 28.5 Å². The predicted molar refractivity (Wildman–Crippen MR) is 82.2 cm³/mol. The number of anilines is 1. The molecule has 3 rings (SSSR count). The zero-order valence-electron chi connectivity index (χ0n) is 10.5. The normalized spacial score (nSPS) is 14.2. The van der Waals surface area contributed by atoms with E-state index in [1.165, 1.54) is 9.77 Å². The smallest absolute Gasteiger partial charge is 0.227 e. The van der Waals surface area contributed by atoms with Crippen LogP contribution in [0.3, 0.4) is 0 Å². The van der Waals surface area contributed by atoms with Crippen molar-refractivity contribution in [3.05, 3.63) is 46.7 Å². The summed E-state index contributed by atoms with van der Waals surface area (Å²) in [4.78, 5) is 16.8. The number of thiophene rings is 1. The largest absolute Gasteiger partial charge is 0.310 e. The van der Waals surface area contributed by atoms with Gasteiger partial charge in [-0.2, -0.15) is 0 Å². The first-order chi connectivity index (χ1) is 9.34. The molecule has 98 valence electrons. The Balaban J connectivity index is 1.71. The van der Waals surface area contributed by atoms with Crippen molar-refractivity contribution in [1.29, 1.82) is 0 Å². The Morgan fingerprint density at radius 2 is 2.11 bits per heavy atom. The van der Waals surface area contributed by atoms with E-state index >= 15 is 0 Å². The summed E-state index contributed by atoms with van der Waals surface area (Å²) in [5.41, 5.74) is 1.08. The maximum atomic E-state index is 12.4. The van der Waals surface area contributed by atoms with Crippen molar-refractivity contribution in [2.24, 2.45) is 0 Å². The third kappa shape index (κ3) is 2.85. The number of carbonyl (C=O) groups excluding carboxylic acids is 1. The molecule has 2 aromatic rings. The van der Waals surface area contributed by atoms with E-state index in [0.717, 1.165) is 24.4 Å². The van der Waals surface area contributed by atoms with E-state index in [2.05, 4.69) is 17.5 Å². The third-order valence-electron chi connectivity index (χ3n) is 3.19. The van der Waals surface area contributed by atoms with Gasteiger partial charge in [0.25, 0.3) is 0 Å². The average molecular weight is 289 g/mol. The van der Waals surface area contributed by atoms with Crippen molar-refractivity contribution >= 4 is 34.7 Å². The van der Waals surface area contributed by atoms with Gasteiger partial charge in [-0.1, -0.05) is 18.2 Å². The lowest BCUT2D eigenvalue weighted by Gasteiger charge is -2.29. The number of amides is 1. The summed E-state index contributed by atoms with van der Waals surface area (Å²) in [7, 11) is 0. The van der Waals surface area contributed by atoms with Crippen LogP contribution in [0.1, 0.15) is 11.3 Å². The molecule has 0 spiro atoms. The average Bonchev–Trinajstić information content (AvgIpc) is 2.97. The van der Waals surface area contributed by atoms with Gasteiger partial charge in [0.2, 0.25) is 5.91 Å². The highest BCUT2D eigenvalue weighted by molar-refractivity contribution is 7.99. The zero-order chi connectivity index (χ0) is 13.1. The molecule has 2 nitrogen and oxygen atoms in total. The van der Waals surface area contributed by atoms with Crippen molar-refractivity contribution in [3.63, 3.8) is 0 Å². The van der Waals surface area contributed by atoms with Crippen LogP contribution in [0.25, 0.3) is 0 Å². The predicted octanol–water partition coefficient (Wildman–Crippen LogP) is 3.82. The standard InChI is InChI=1S/C15H15NOS2/c17-15(8-7-12-4-3-10-18-12)16-9-11-19-14-6-2-1-5-13(14)16/h1-6,10H,7-9,11H2. The Labute approximate surface area is 121 Å². The quantitative estimate of drug-likeness (QED) is 0.856. The van der Waals surface area contributed by atoms with Gasteiger partial charge in [0.15, 0.2) is 0 Å². The summed E-state index contributed by atoms with van der Waals surface area (Å²) < 4.78 is 0. The molecular weight excluding hydrogens is 274 g/mol. The molecule has 1 amide bonds. The number of para-hydroxylation sites is 1. The highest BCUT2D eigenvalue weighted by atomic mass is 32.2. The molecule has 1 aromatic heterocycles. The Morgan fingerprint density at radius 3 is 2.95 bits per heavy atom. The molecule has 1 aliphatic rings. The number of rotatable bonds is 3. The van der Waals surface area contributed by atoms with E-state index in [4.69, 9.17) is 0 Å². The number of benzene rings is 1. The number of hydrogen-bond donors (Lipinski definition) is 0. The molecule has 4 heteroatoms. The Kier molecular flexibility index (Phi) is 3.89. The molecule has 0 radical (unpaired) electrons. The maximum Gasteiger partial charge on any atom is 0.227 e. The fourth-order valence-corrected chi connectivity index (χ4v) is 3.95. The van der Waals surface area contributed by atoms with Gasteiger partial charge in [-0.15, -0.1) is 23.1 Å². The molecule has 1 aliphatic heterocycles. The number of aryl methyl sites for hydroxylation is 1. The van der Waals surface area contributed by atoms with Crippen molar-refractivity contribution in [3.8, 4) is 0 Å². The number of nitrogens with zero attached hydrogens (tertiary/aromatic N) is 1. The molecule has 0 saturated heterocycles. The maximum absolute atomic E-state index is 12.4. The van der Waals surface area contributed by atoms with Crippen LogP contribution in [0.4, 0.5) is 5.69 Å². The van der Waals surface area contributed by atoms with Crippen molar-refractivity contribution in [1.82, 2.24) is 0 Å².